The molecule has 5 heteroatoms. The molecule has 0 aromatic carbocycles. The lowest BCUT2D eigenvalue weighted by atomic mass is 9.99. The number of alkyl halides is 1. The van der Waals surface area contributed by atoms with Crippen molar-refractivity contribution in [1.29, 1.82) is 0 Å². The van der Waals surface area contributed by atoms with Crippen molar-refractivity contribution in [1.82, 2.24) is 5.32 Å². The van der Waals surface area contributed by atoms with Crippen molar-refractivity contribution in [3.05, 3.63) is 0 Å². The van der Waals surface area contributed by atoms with E-state index in [0.29, 0.717) is 19.4 Å². The Labute approximate surface area is 69.7 Å². The van der Waals surface area contributed by atoms with E-state index in [1.54, 1.807) is 0 Å². The number of carboxylic acid groups (broad SMARTS) is 1. The lowest BCUT2D eigenvalue weighted by molar-refractivity contribution is -0.0294. The Kier molecular flexibility index (Phi) is 2.86. The predicted octanol–water partition coefficient (Wildman–Crippen LogP) is 0.773. The number of hydrogen-bond acceptors (Lipinski definition) is 2. The molecule has 70 valence electrons. The SMILES string of the molecule is O=C(O)NCC1(F)CCCOC1. The van der Waals surface area contributed by atoms with Gasteiger partial charge in [0.1, 0.15) is 0 Å². The summed E-state index contributed by atoms with van der Waals surface area (Å²) in [6.07, 6.45) is -0.178. The van der Waals surface area contributed by atoms with E-state index in [9.17, 15) is 9.18 Å². The molecule has 0 spiro atoms. The Balaban J connectivity index is 2.31. The molecule has 1 fully saturated rings. The van der Waals surface area contributed by atoms with Gasteiger partial charge in [-0.3, -0.25) is 0 Å². The van der Waals surface area contributed by atoms with E-state index in [2.05, 4.69) is 0 Å². The number of rotatable bonds is 2. The number of halogens is 1. The molecule has 4 nitrogen and oxygen atoms in total. The van der Waals surface area contributed by atoms with Gasteiger partial charge in [0.2, 0.25) is 0 Å². The normalized spacial score (nSPS) is 29.8. The van der Waals surface area contributed by atoms with E-state index < -0.39 is 11.8 Å². The van der Waals surface area contributed by atoms with Crippen molar-refractivity contribution < 1.29 is 19.0 Å². The molecule has 1 heterocycles. The molecule has 0 aromatic rings. The maximum Gasteiger partial charge on any atom is 0.404 e. The van der Waals surface area contributed by atoms with Gasteiger partial charge in [-0.1, -0.05) is 0 Å². The number of ether oxygens (including phenoxy) is 1. The van der Waals surface area contributed by atoms with Crippen LogP contribution in [0.15, 0.2) is 0 Å². The minimum absolute atomic E-state index is 0.00667. The van der Waals surface area contributed by atoms with Crippen LogP contribution in [0.2, 0.25) is 0 Å². The van der Waals surface area contributed by atoms with Crippen molar-refractivity contribution in [2.45, 2.75) is 18.5 Å². The van der Waals surface area contributed by atoms with Gasteiger partial charge >= 0.3 is 6.09 Å². The van der Waals surface area contributed by atoms with Crippen molar-refractivity contribution >= 4 is 6.09 Å². The van der Waals surface area contributed by atoms with E-state index in [4.69, 9.17) is 9.84 Å². The largest absolute Gasteiger partial charge is 0.465 e. The molecule has 2 N–H and O–H groups in total. The van der Waals surface area contributed by atoms with Gasteiger partial charge in [-0.15, -0.1) is 0 Å². The maximum atomic E-state index is 13.5. The standard InChI is InChI=1S/C7H12FNO3/c8-7(4-9-6(10)11)2-1-3-12-5-7/h9H,1-5H2,(H,10,11). The second kappa shape index (κ2) is 3.71. The van der Waals surface area contributed by atoms with Crippen LogP contribution in [0.4, 0.5) is 9.18 Å². The molecule has 0 bridgehead atoms. The summed E-state index contributed by atoms with van der Waals surface area (Å²) in [5.41, 5.74) is -1.50. The average molecular weight is 177 g/mol. The van der Waals surface area contributed by atoms with Gasteiger partial charge in [0.05, 0.1) is 13.2 Å². The van der Waals surface area contributed by atoms with Crippen LogP contribution in [-0.4, -0.2) is 36.6 Å². The summed E-state index contributed by atoms with van der Waals surface area (Å²) in [7, 11) is 0. The maximum absolute atomic E-state index is 13.5. The molecule has 0 saturated carbocycles. The third kappa shape index (κ3) is 2.65. The zero-order valence-corrected chi connectivity index (χ0v) is 6.68. The minimum Gasteiger partial charge on any atom is -0.465 e. The fourth-order valence-corrected chi connectivity index (χ4v) is 1.19. The summed E-state index contributed by atoms with van der Waals surface area (Å²) in [6, 6.07) is 0. The molecule has 0 aliphatic carbocycles. The van der Waals surface area contributed by atoms with E-state index >= 15 is 0 Å². The number of amides is 1. The van der Waals surface area contributed by atoms with Gasteiger partial charge in [-0.05, 0) is 12.8 Å². The fraction of sp³-hybridized carbons (Fsp3) is 0.857. The molecule has 1 aliphatic heterocycles. The minimum atomic E-state index is -1.50. The molecule has 0 aromatic heterocycles. The van der Waals surface area contributed by atoms with E-state index in [1.165, 1.54) is 0 Å². The summed E-state index contributed by atoms with van der Waals surface area (Å²) in [5, 5.41) is 10.3. The summed E-state index contributed by atoms with van der Waals surface area (Å²) >= 11 is 0. The van der Waals surface area contributed by atoms with Crippen LogP contribution < -0.4 is 5.32 Å². The summed E-state index contributed by atoms with van der Waals surface area (Å²) in [6.45, 7) is 0.383. The van der Waals surface area contributed by atoms with Crippen LogP contribution in [0.25, 0.3) is 0 Å². The molecular formula is C7H12FNO3. The third-order valence-electron chi connectivity index (χ3n) is 1.83. The first-order valence-electron chi connectivity index (χ1n) is 3.86. The number of carbonyl (C=O) groups is 1. The molecule has 1 saturated heterocycles. The molecule has 1 amide bonds. The van der Waals surface area contributed by atoms with Crippen LogP contribution in [0, 0.1) is 0 Å². The summed E-state index contributed by atoms with van der Waals surface area (Å²) < 4.78 is 18.4. The lowest BCUT2D eigenvalue weighted by Crippen LogP contribution is -2.44. The van der Waals surface area contributed by atoms with Crippen molar-refractivity contribution in [3.8, 4) is 0 Å². The Hall–Kier alpha value is -0.840. The third-order valence-corrected chi connectivity index (χ3v) is 1.83. The number of nitrogens with one attached hydrogen (secondary N) is 1. The Morgan fingerprint density at radius 1 is 1.75 bits per heavy atom. The summed E-state index contributed by atoms with van der Waals surface area (Å²) in [5.74, 6) is 0. The zero-order chi connectivity index (χ0) is 9.03. The molecular weight excluding hydrogens is 165 g/mol. The fourth-order valence-electron chi connectivity index (χ4n) is 1.19. The molecule has 12 heavy (non-hydrogen) atoms. The highest BCUT2D eigenvalue weighted by Crippen LogP contribution is 2.22. The van der Waals surface area contributed by atoms with Crippen LogP contribution in [0.1, 0.15) is 12.8 Å². The van der Waals surface area contributed by atoms with Crippen LogP contribution >= 0.6 is 0 Å². The van der Waals surface area contributed by atoms with Gasteiger partial charge in [-0.25, -0.2) is 9.18 Å². The second-order valence-corrected chi connectivity index (χ2v) is 2.97. The quantitative estimate of drug-likeness (QED) is 0.655. The van der Waals surface area contributed by atoms with Crippen molar-refractivity contribution in [2.75, 3.05) is 19.8 Å². The topological polar surface area (TPSA) is 58.6 Å². The highest BCUT2D eigenvalue weighted by molar-refractivity contribution is 5.64. The Morgan fingerprint density at radius 2 is 2.50 bits per heavy atom. The van der Waals surface area contributed by atoms with Gasteiger partial charge in [0.25, 0.3) is 0 Å². The summed E-state index contributed by atoms with van der Waals surface area (Å²) in [4.78, 5) is 10.1. The Bertz CT molecular complexity index is 168. The van der Waals surface area contributed by atoms with Crippen LogP contribution in [0.5, 0.6) is 0 Å². The highest BCUT2D eigenvalue weighted by atomic mass is 19.1. The van der Waals surface area contributed by atoms with Crippen molar-refractivity contribution in [2.24, 2.45) is 0 Å². The first-order valence-corrected chi connectivity index (χ1v) is 3.86. The lowest BCUT2D eigenvalue weighted by Gasteiger charge is -2.28. The van der Waals surface area contributed by atoms with Gasteiger partial charge in [-0.2, -0.15) is 0 Å². The molecule has 1 atom stereocenters. The van der Waals surface area contributed by atoms with Gasteiger partial charge < -0.3 is 15.2 Å². The van der Waals surface area contributed by atoms with Crippen LogP contribution in [0.3, 0.4) is 0 Å². The predicted molar refractivity (Wildman–Crippen MR) is 39.9 cm³/mol. The second-order valence-electron chi connectivity index (χ2n) is 2.97. The molecule has 1 rings (SSSR count). The monoisotopic (exact) mass is 177 g/mol. The zero-order valence-electron chi connectivity index (χ0n) is 6.68. The van der Waals surface area contributed by atoms with Gasteiger partial charge in [0, 0.05) is 6.61 Å². The number of hydrogen-bond donors (Lipinski definition) is 2. The van der Waals surface area contributed by atoms with Gasteiger partial charge in [0.15, 0.2) is 5.67 Å². The first kappa shape index (κ1) is 9.25. The average Bonchev–Trinajstić information content (AvgIpc) is 2.03. The first-order chi connectivity index (χ1) is 5.62. The highest BCUT2D eigenvalue weighted by Gasteiger charge is 2.32. The van der Waals surface area contributed by atoms with E-state index in [1.807, 2.05) is 5.32 Å². The Morgan fingerprint density at radius 3 is 3.00 bits per heavy atom. The molecule has 1 aliphatic rings. The molecule has 0 radical (unpaired) electrons. The smallest absolute Gasteiger partial charge is 0.404 e. The van der Waals surface area contributed by atoms with Crippen molar-refractivity contribution in [3.63, 3.8) is 0 Å². The van der Waals surface area contributed by atoms with Crippen LogP contribution in [-0.2, 0) is 4.74 Å². The van der Waals surface area contributed by atoms with E-state index in [-0.39, 0.29) is 13.2 Å². The van der Waals surface area contributed by atoms with E-state index in [0.717, 1.165) is 0 Å². The molecule has 1 unspecified atom stereocenters.